The Morgan fingerprint density at radius 3 is 2.54 bits per heavy atom. The van der Waals surface area contributed by atoms with Gasteiger partial charge in [-0.3, -0.25) is 0 Å². The minimum atomic E-state index is 1.12. The maximum atomic E-state index is 3.53. The van der Waals surface area contributed by atoms with Gasteiger partial charge in [-0.05, 0) is 52.7 Å². The van der Waals surface area contributed by atoms with Gasteiger partial charge in [0.15, 0.2) is 0 Å². The predicted molar refractivity (Wildman–Crippen MR) is 58.2 cm³/mol. The minimum absolute atomic E-state index is 1.12. The van der Waals surface area contributed by atoms with E-state index in [9.17, 15) is 0 Å². The van der Waals surface area contributed by atoms with Crippen LogP contribution in [-0.4, -0.2) is 4.57 Å². The molecule has 2 rings (SSSR count). The van der Waals surface area contributed by atoms with Gasteiger partial charge in [-0.25, -0.2) is 0 Å². The van der Waals surface area contributed by atoms with Crippen LogP contribution in [0.5, 0.6) is 0 Å². The molecule has 0 unspecified atom stereocenters. The van der Waals surface area contributed by atoms with Crippen molar-refractivity contribution in [3.63, 3.8) is 0 Å². The number of aryl methyl sites for hydroxylation is 1. The summed E-state index contributed by atoms with van der Waals surface area (Å²) in [7, 11) is 0. The fourth-order valence-corrected chi connectivity index (χ4v) is 1.77. The van der Waals surface area contributed by atoms with Crippen LogP contribution in [0.25, 0.3) is 5.69 Å². The normalized spacial score (nSPS) is 10.3. The van der Waals surface area contributed by atoms with Gasteiger partial charge in [0.2, 0.25) is 0 Å². The molecule has 0 fully saturated rings. The summed E-state index contributed by atoms with van der Waals surface area (Å²) >= 11 is 3.53. The third-order valence-corrected chi connectivity index (χ3v) is 2.65. The van der Waals surface area contributed by atoms with E-state index < -0.39 is 0 Å². The number of hydrogen-bond donors (Lipinski definition) is 0. The van der Waals surface area contributed by atoms with Crippen LogP contribution in [0.15, 0.2) is 47.2 Å². The van der Waals surface area contributed by atoms with Crippen LogP contribution in [-0.2, 0) is 0 Å². The van der Waals surface area contributed by atoms with Crippen LogP contribution in [0.1, 0.15) is 5.56 Å². The second-order valence-electron chi connectivity index (χ2n) is 3.05. The van der Waals surface area contributed by atoms with Crippen LogP contribution >= 0.6 is 15.9 Å². The van der Waals surface area contributed by atoms with Gasteiger partial charge in [0.1, 0.15) is 0 Å². The smallest absolute Gasteiger partial charge is 0.0594 e. The highest BCUT2D eigenvalue weighted by Crippen LogP contribution is 2.21. The summed E-state index contributed by atoms with van der Waals surface area (Å²) in [6.07, 6.45) is 4.08. The van der Waals surface area contributed by atoms with E-state index in [0.29, 0.717) is 0 Å². The first-order valence-electron chi connectivity index (χ1n) is 4.17. The van der Waals surface area contributed by atoms with Crippen LogP contribution in [0.4, 0.5) is 0 Å². The molecule has 1 heterocycles. The molecule has 66 valence electrons. The Morgan fingerprint density at radius 2 is 1.85 bits per heavy atom. The van der Waals surface area contributed by atoms with Crippen molar-refractivity contribution >= 4 is 15.9 Å². The van der Waals surface area contributed by atoms with Gasteiger partial charge in [0.25, 0.3) is 0 Å². The van der Waals surface area contributed by atoms with Crippen molar-refractivity contribution in [2.75, 3.05) is 0 Å². The van der Waals surface area contributed by atoms with Crippen molar-refractivity contribution in [3.05, 3.63) is 52.8 Å². The zero-order valence-corrected chi connectivity index (χ0v) is 8.95. The standard InChI is InChI=1S/C11H10BrN/c1-9-4-5-10(12)11(8-9)13-6-2-3-7-13/h2-8H,1H3. The number of rotatable bonds is 1. The summed E-state index contributed by atoms with van der Waals surface area (Å²) in [5, 5.41) is 0. The molecule has 0 spiro atoms. The summed E-state index contributed by atoms with van der Waals surface area (Å²) in [6, 6.07) is 10.4. The van der Waals surface area contributed by atoms with E-state index in [1.54, 1.807) is 0 Å². The lowest BCUT2D eigenvalue weighted by Crippen LogP contribution is -1.91. The van der Waals surface area contributed by atoms with Gasteiger partial charge in [-0.15, -0.1) is 0 Å². The summed E-state index contributed by atoms with van der Waals surface area (Å²) in [5.74, 6) is 0. The molecule has 0 saturated carbocycles. The topological polar surface area (TPSA) is 4.93 Å². The number of hydrogen-bond acceptors (Lipinski definition) is 0. The first-order valence-corrected chi connectivity index (χ1v) is 4.96. The summed E-state index contributed by atoms with van der Waals surface area (Å²) in [5.41, 5.74) is 2.46. The molecule has 0 atom stereocenters. The Labute approximate surface area is 86.1 Å². The average molecular weight is 236 g/mol. The lowest BCUT2D eigenvalue weighted by molar-refractivity contribution is 1.07. The second-order valence-corrected chi connectivity index (χ2v) is 3.90. The minimum Gasteiger partial charge on any atom is -0.323 e. The van der Waals surface area contributed by atoms with Crippen molar-refractivity contribution < 1.29 is 0 Å². The average Bonchev–Trinajstić information content (AvgIpc) is 2.61. The molecule has 0 aliphatic rings. The van der Waals surface area contributed by atoms with Crippen molar-refractivity contribution in [2.24, 2.45) is 0 Å². The first-order chi connectivity index (χ1) is 6.27. The van der Waals surface area contributed by atoms with Gasteiger partial charge in [0.05, 0.1) is 5.69 Å². The molecule has 1 nitrogen and oxygen atoms in total. The van der Waals surface area contributed by atoms with Crippen molar-refractivity contribution in [1.82, 2.24) is 4.57 Å². The Balaban J connectivity index is 2.57. The number of halogens is 1. The summed E-state index contributed by atoms with van der Waals surface area (Å²) in [6.45, 7) is 2.10. The molecule has 13 heavy (non-hydrogen) atoms. The number of benzene rings is 1. The molecule has 0 N–H and O–H groups in total. The predicted octanol–water partition coefficient (Wildman–Crippen LogP) is 3.55. The lowest BCUT2D eigenvalue weighted by Gasteiger charge is -2.06. The van der Waals surface area contributed by atoms with Crippen molar-refractivity contribution in [1.29, 1.82) is 0 Å². The molecule has 0 aliphatic heterocycles. The largest absolute Gasteiger partial charge is 0.323 e. The van der Waals surface area contributed by atoms with E-state index in [1.165, 1.54) is 11.3 Å². The Kier molecular flexibility index (Phi) is 2.23. The van der Waals surface area contributed by atoms with Crippen molar-refractivity contribution in [3.8, 4) is 5.69 Å². The van der Waals surface area contributed by atoms with Gasteiger partial charge in [0, 0.05) is 16.9 Å². The van der Waals surface area contributed by atoms with Crippen LogP contribution in [0.3, 0.4) is 0 Å². The number of nitrogens with zero attached hydrogens (tertiary/aromatic N) is 1. The maximum Gasteiger partial charge on any atom is 0.0594 e. The molecular weight excluding hydrogens is 226 g/mol. The van der Waals surface area contributed by atoms with Gasteiger partial charge in [-0.1, -0.05) is 6.07 Å². The summed E-state index contributed by atoms with van der Waals surface area (Å²) < 4.78 is 3.21. The van der Waals surface area contributed by atoms with Gasteiger partial charge < -0.3 is 4.57 Å². The fraction of sp³-hybridized carbons (Fsp3) is 0.0909. The zero-order valence-electron chi connectivity index (χ0n) is 7.37. The highest BCUT2D eigenvalue weighted by molar-refractivity contribution is 9.10. The Hall–Kier alpha value is -1.02. The van der Waals surface area contributed by atoms with Crippen LogP contribution in [0, 0.1) is 6.92 Å². The zero-order chi connectivity index (χ0) is 9.26. The van der Waals surface area contributed by atoms with E-state index in [-0.39, 0.29) is 0 Å². The molecule has 0 radical (unpaired) electrons. The number of aromatic nitrogens is 1. The second kappa shape index (κ2) is 3.38. The Bertz CT molecular complexity index is 404. The van der Waals surface area contributed by atoms with E-state index in [2.05, 4.69) is 45.6 Å². The molecule has 1 aromatic heterocycles. The molecule has 0 saturated heterocycles. The molecule has 2 aromatic rings. The third-order valence-electron chi connectivity index (χ3n) is 1.98. The van der Waals surface area contributed by atoms with E-state index in [0.717, 1.165) is 4.47 Å². The van der Waals surface area contributed by atoms with Crippen LogP contribution < -0.4 is 0 Å². The van der Waals surface area contributed by atoms with Crippen molar-refractivity contribution in [2.45, 2.75) is 6.92 Å². The highest BCUT2D eigenvalue weighted by atomic mass is 79.9. The van der Waals surface area contributed by atoms with Gasteiger partial charge >= 0.3 is 0 Å². The molecule has 0 bridgehead atoms. The molecular formula is C11H10BrN. The highest BCUT2D eigenvalue weighted by Gasteiger charge is 2.00. The van der Waals surface area contributed by atoms with E-state index >= 15 is 0 Å². The lowest BCUT2D eigenvalue weighted by atomic mass is 10.2. The SMILES string of the molecule is Cc1ccc(Br)c(-n2cccc2)c1. The monoisotopic (exact) mass is 235 g/mol. The van der Waals surface area contributed by atoms with E-state index in [4.69, 9.17) is 0 Å². The molecule has 0 aliphatic carbocycles. The maximum absolute atomic E-state index is 3.53. The molecule has 1 aromatic carbocycles. The van der Waals surface area contributed by atoms with Gasteiger partial charge in [-0.2, -0.15) is 0 Å². The summed E-state index contributed by atoms with van der Waals surface area (Å²) in [4.78, 5) is 0. The Morgan fingerprint density at radius 1 is 1.15 bits per heavy atom. The van der Waals surface area contributed by atoms with E-state index in [1.807, 2.05) is 24.5 Å². The quantitative estimate of drug-likeness (QED) is 0.713. The molecule has 2 heteroatoms. The molecule has 0 amide bonds. The fourth-order valence-electron chi connectivity index (χ4n) is 1.32. The first kappa shape index (κ1) is 8.57. The third kappa shape index (κ3) is 1.68. The van der Waals surface area contributed by atoms with Crippen LogP contribution in [0.2, 0.25) is 0 Å².